The SMILES string of the molecule is CCCC(C)C(=O)OC1c2c(cc(O)c3c2C(=O)c2cccc(O)c2-3)C(=O)C2(C)OC12. The number of phenols is 2. The van der Waals surface area contributed by atoms with Crippen LogP contribution in [0.15, 0.2) is 24.3 Å². The van der Waals surface area contributed by atoms with E-state index in [0.29, 0.717) is 6.42 Å². The number of ketones is 2. The van der Waals surface area contributed by atoms with Crippen molar-refractivity contribution in [3.8, 4) is 22.6 Å². The van der Waals surface area contributed by atoms with Crippen molar-refractivity contribution in [1.82, 2.24) is 0 Å². The molecule has 0 saturated carbocycles. The number of carbonyl (C=O) groups excluding carboxylic acids is 3. The molecule has 3 aliphatic rings. The first kappa shape index (κ1) is 19.8. The standard InChI is InChI=1S/C24H22O7/c1-4-6-10(2)23(29)30-20-16-12(21(28)24(3)22(20)31-24)9-14(26)17-15-11(19(27)18(16)17)7-5-8-13(15)25/h5,7-10,20,22,25-26H,4,6H2,1-3H3. The highest BCUT2D eigenvalue weighted by atomic mass is 16.6. The number of aromatic hydroxyl groups is 2. The van der Waals surface area contributed by atoms with Crippen molar-refractivity contribution in [2.75, 3.05) is 0 Å². The smallest absolute Gasteiger partial charge is 0.309 e. The third-order valence-electron chi connectivity index (χ3n) is 6.59. The maximum absolute atomic E-state index is 13.3. The summed E-state index contributed by atoms with van der Waals surface area (Å²) in [5, 5.41) is 21.1. The molecule has 1 saturated heterocycles. The number of benzene rings is 2. The lowest BCUT2D eigenvalue weighted by molar-refractivity contribution is -0.155. The molecule has 31 heavy (non-hydrogen) atoms. The summed E-state index contributed by atoms with van der Waals surface area (Å²) in [6, 6.07) is 5.80. The van der Waals surface area contributed by atoms with Crippen LogP contribution < -0.4 is 0 Å². The summed E-state index contributed by atoms with van der Waals surface area (Å²) >= 11 is 0. The van der Waals surface area contributed by atoms with E-state index in [1.165, 1.54) is 18.2 Å². The van der Waals surface area contributed by atoms with Gasteiger partial charge in [-0.2, -0.15) is 0 Å². The maximum Gasteiger partial charge on any atom is 0.309 e. The third kappa shape index (κ3) is 2.53. The number of epoxide rings is 1. The highest BCUT2D eigenvalue weighted by Crippen LogP contribution is 2.58. The molecule has 1 heterocycles. The van der Waals surface area contributed by atoms with Crippen LogP contribution in [0.1, 0.15) is 71.6 Å². The molecule has 1 aliphatic heterocycles. The number of carbonyl (C=O) groups is 3. The summed E-state index contributed by atoms with van der Waals surface area (Å²) in [4.78, 5) is 39.2. The van der Waals surface area contributed by atoms with Crippen LogP contribution in [-0.4, -0.2) is 39.5 Å². The van der Waals surface area contributed by atoms with Gasteiger partial charge in [0.05, 0.1) is 5.92 Å². The van der Waals surface area contributed by atoms with Crippen molar-refractivity contribution in [3.05, 3.63) is 46.5 Å². The van der Waals surface area contributed by atoms with Gasteiger partial charge in [-0.1, -0.05) is 32.4 Å². The summed E-state index contributed by atoms with van der Waals surface area (Å²) < 4.78 is 11.5. The summed E-state index contributed by atoms with van der Waals surface area (Å²) in [5.74, 6) is -2.03. The van der Waals surface area contributed by atoms with Gasteiger partial charge in [0, 0.05) is 33.4 Å². The van der Waals surface area contributed by atoms with Crippen LogP contribution in [0.2, 0.25) is 0 Å². The van der Waals surface area contributed by atoms with Crippen molar-refractivity contribution < 1.29 is 34.1 Å². The maximum atomic E-state index is 13.3. The molecule has 1 fully saturated rings. The first-order valence-corrected chi connectivity index (χ1v) is 10.4. The summed E-state index contributed by atoms with van der Waals surface area (Å²) in [5.41, 5.74) is -0.145. The van der Waals surface area contributed by atoms with Crippen LogP contribution in [0.5, 0.6) is 11.5 Å². The van der Waals surface area contributed by atoms with Crippen LogP contribution in [0, 0.1) is 5.92 Å². The lowest BCUT2D eigenvalue weighted by atomic mass is 9.78. The molecule has 4 atom stereocenters. The molecule has 2 aromatic carbocycles. The second-order valence-corrected chi connectivity index (χ2v) is 8.66. The molecule has 5 rings (SSSR count). The average Bonchev–Trinajstić information content (AvgIpc) is 3.34. The minimum Gasteiger partial charge on any atom is -0.507 e. The zero-order chi connectivity index (χ0) is 22.2. The van der Waals surface area contributed by atoms with E-state index in [1.54, 1.807) is 19.9 Å². The summed E-state index contributed by atoms with van der Waals surface area (Å²) in [7, 11) is 0. The Hall–Kier alpha value is -3.19. The molecule has 7 nitrogen and oxygen atoms in total. The fourth-order valence-electron chi connectivity index (χ4n) is 4.88. The van der Waals surface area contributed by atoms with Crippen LogP contribution in [-0.2, 0) is 14.3 Å². The van der Waals surface area contributed by atoms with Gasteiger partial charge in [-0.15, -0.1) is 0 Å². The van der Waals surface area contributed by atoms with Crippen molar-refractivity contribution in [2.24, 2.45) is 5.92 Å². The molecule has 0 amide bonds. The van der Waals surface area contributed by atoms with Gasteiger partial charge in [-0.25, -0.2) is 0 Å². The van der Waals surface area contributed by atoms with E-state index in [1.807, 2.05) is 6.92 Å². The Morgan fingerprint density at radius 3 is 2.61 bits per heavy atom. The van der Waals surface area contributed by atoms with Gasteiger partial charge < -0.3 is 19.7 Å². The fourth-order valence-corrected chi connectivity index (χ4v) is 4.88. The molecule has 7 heteroatoms. The molecule has 0 bridgehead atoms. The predicted octanol–water partition coefficient (Wildman–Crippen LogP) is 3.68. The number of fused-ring (bicyclic) bond motifs is 6. The Labute approximate surface area is 178 Å². The molecular formula is C24H22O7. The number of hydrogen-bond donors (Lipinski definition) is 2. The number of rotatable bonds is 4. The molecule has 2 aliphatic carbocycles. The Balaban J connectivity index is 1.72. The topological polar surface area (TPSA) is 113 Å². The van der Waals surface area contributed by atoms with Gasteiger partial charge in [-0.3, -0.25) is 14.4 Å². The molecular weight excluding hydrogens is 400 g/mol. The number of phenolic OH excluding ortho intramolecular Hbond substituents is 2. The van der Waals surface area contributed by atoms with Gasteiger partial charge in [0.2, 0.25) is 0 Å². The predicted molar refractivity (Wildman–Crippen MR) is 109 cm³/mol. The van der Waals surface area contributed by atoms with E-state index in [2.05, 4.69) is 0 Å². The van der Waals surface area contributed by atoms with Crippen LogP contribution in [0.4, 0.5) is 0 Å². The van der Waals surface area contributed by atoms with Gasteiger partial charge in [0.25, 0.3) is 0 Å². The van der Waals surface area contributed by atoms with Gasteiger partial charge >= 0.3 is 5.97 Å². The van der Waals surface area contributed by atoms with E-state index in [0.717, 1.165) is 6.42 Å². The molecule has 0 radical (unpaired) electrons. The average molecular weight is 422 g/mol. The van der Waals surface area contributed by atoms with Gasteiger partial charge in [-0.05, 0) is 25.5 Å². The number of esters is 1. The third-order valence-corrected chi connectivity index (χ3v) is 6.59. The zero-order valence-corrected chi connectivity index (χ0v) is 17.4. The van der Waals surface area contributed by atoms with Crippen molar-refractivity contribution in [2.45, 2.75) is 51.4 Å². The lowest BCUT2D eigenvalue weighted by Crippen LogP contribution is -2.36. The van der Waals surface area contributed by atoms with Gasteiger partial charge in [0.1, 0.15) is 17.6 Å². The van der Waals surface area contributed by atoms with E-state index < -0.39 is 29.6 Å². The molecule has 0 spiro atoms. The molecule has 0 aromatic heterocycles. The highest BCUT2D eigenvalue weighted by Gasteiger charge is 2.68. The fraction of sp³-hybridized carbons (Fsp3) is 0.375. The summed E-state index contributed by atoms with van der Waals surface area (Å²) in [6.07, 6.45) is -0.209. The highest BCUT2D eigenvalue weighted by molar-refractivity contribution is 6.26. The Morgan fingerprint density at radius 2 is 1.90 bits per heavy atom. The second kappa shape index (κ2) is 6.40. The molecule has 160 valence electrons. The number of ether oxygens (including phenoxy) is 2. The van der Waals surface area contributed by atoms with Crippen molar-refractivity contribution in [1.29, 1.82) is 0 Å². The van der Waals surface area contributed by atoms with Crippen molar-refractivity contribution >= 4 is 17.5 Å². The Kier molecular flexibility index (Phi) is 4.08. The van der Waals surface area contributed by atoms with E-state index >= 15 is 0 Å². The quantitative estimate of drug-likeness (QED) is 0.487. The largest absolute Gasteiger partial charge is 0.507 e. The number of Topliss-reactive ketones (excluding diaryl/α,β-unsaturated/α-hetero) is 1. The second-order valence-electron chi connectivity index (χ2n) is 8.66. The van der Waals surface area contributed by atoms with E-state index in [9.17, 15) is 24.6 Å². The van der Waals surface area contributed by atoms with E-state index in [-0.39, 0.29) is 56.6 Å². The van der Waals surface area contributed by atoms with Crippen molar-refractivity contribution in [3.63, 3.8) is 0 Å². The normalized spacial score (nSPS) is 25.9. The minimum absolute atomic E-state index is 0.0818. The lowest BCUT2D eigenvalue weighted by Gasteiger charge is -2.28. The Bertz CT molecular complexity index is 1180. The zero-order valence-electron chi connectivity index (χ0n) is 17.4. The summed E-state index contributed by atoms with van der Waals surface area (Å²) in [6.45, 7) is 5.36. The van der Waals surface area contributed by atoms with E-state index in [4.69, 9.17) is 9.47 Å². The van der Waals surface area contributed by atoms with Crippen LogP contribution >= 0.6 is 0 Å². The first-order chi connectivity index (χ1) is 14.7. The monoisotopic (exact) mass is 422 g/mol. The van der Waals surface area contributed by atoms with Crippen LogP contribution in [0.3, 0.4) is 0 Å². The number of hydrogen-bond acceptors (Lipinski definition) is 7. The molecule has 4 unspecified atom stereocenters. The van der Waals surface area contributed by atoms with Gasteiger partial charge in [0.15, 0.2) is 23.3 Å². The van der Waals surface area contributed by atoms with Crippen LogP contribution in [0.25, 0.3) is 11.1 Å². The Morgan fingerprint density at radius 1 is 1.16 bits per heavy atom. The first-order valence-electron chi connectivity index (χ1n) is 10.4. The molecule has 2 N–H and O–H groups in total. The molecule has 2 aromatic rings. The minimum atomic E-state index is -1.16.